The Hall–Kier alpha value is -2.18. The van der Waals surface area contributed by atoms with Gasteiger partial charge in [-0.3, -0.25) is 9.59 Å². The molecule has 25 heavy (non-hydrogen) atoms. The van der Waals surface area contributed by atoms with Gasteiger partial charge in [-0.25, -0.2) is 8.78 Å². The molecule has 0 unspecified atom stereocenters. The molecule has 0 saturated carbocycles. The van der Waals surface area contributed by atoms with Crippen molar-refractivity contribution in [3.8, 4) is 0 Å². The molecule has 0 saturated heterocycles. The number of nitrogens with one attached hydrogen (secondary N) is 1. The van der Waals surface area contributed by atoms with Gasteiger partial charge in [0, 0.05) is 31.6 Å². The molecule has 0 heterocycles. The normalized spacial score (nSPS) is 10.4. The van der Waals surface area contributed by atoms with E-state index < -0.39 is 17.5 Å². The van der Waals surface area contributed by atoms with E-state index in [-0.39, 0.29) is 34.6 Å². The Morgan fingerprint density at radius 2 is 1.72 bits per heavy atom. The fourth-order valence-corrected chi connectivity index (χ4v) is 2.79. The number of carbonyl (C=O) groups excluding carboxylic acids is 2. The van der Waals surface area contributed by atoms with Crippen molar-refractivity contribution < 1.29 is 18.4 Å². The lowest BCUT2D eigenvalue weighted by Gasteiger charge is -2.23. The summed E-state index contributed by atoms with van der Waals surface area (Å²) >= 11 is 12.2. The molecule has 1 N–H and O–H groups in total. The van der Waals surface area contributed by atoms with Crippen molar-refractivity contribution >= 4 is 46.4 Å². The minimum absolute atomic E-state index is 0.0221. The Morgan fingerprint density at radius 1 is 1.08 bits per heavy atom. The molecular weight excluding hydrogens is 373 g/mol. The molecule has 4 nitrogen and oxygen atoms in total. The maximum Gasteiger partial charge on any atom is 0.226 e. The third kappa shape index (κ3) is 4.90. The van der Waals surface area contributed by atoms with Crippen LogP contribution in [0.15, 0.2) is 36.4 Å². The first-order valence-corrected chi connectivity index (χ1v) is 8.02. The van der Waals surface area contributed by atoms with Gasteiger partial charge in [-0.1, -0.05) is 29.3 Å². The smallest absolute Gasteiger partial charge is 0.226 e. The molecule has 0 atom stereocenters. The second kappa shape index (κ2) is 8.27. The second-order valence-electron chi connectivity index (χ2n) is 5.17. The maximum absolute atomic E-state index is 13.2. The number of halogens is 4. The molecule has 0 aliphatic heterocycles. The van der Waals surface area contributed by atoms with E-state index in [4.69, 9.17) is 23.2 Å². The zero-order valence-electron chi connectivity index (χ0n) is 13.2. The number of benzene rings is 2. The topological polar surface area (TPSA) is 49.4 Å². The van der Waals surface area contributed by atoms with E-state index in [1.54, 1.807) is 18.2 Å². The first-order chi connectivity index (χ1) is 11.8. The van der Waals surface area contributed by atoms with Crippen LogP contribution in [0.2, 0.25) is 10.0 Å². The standard InChI is InChI=1S/C17H14Cl2F2N2O2/c1-10(24)23(17-12(18)3-2-4-13(17)19)8-7-16(25)22-11-5-6-14(20)15(21)9-11/h2-6,9H,7-8H2,1H3,(H,22,25). The molecule has 132 valence electrons. The number of para-hydroxylation sites is 1. The highest BCUT2D eigenvalue weighted by molar-refractivity contribution is 6.39. The van der Waals surface area contributed by atoms with Crippen molar-refractivity contribution in [3.05, 3.63) is 58.1 Å². The van der Waals surface area contributed by atoms with E-state index in [9.17, 15) is 18.4 Å². The Balaban J connectivity index is 2.07. The van der Waals surface area contributed by atoms with E-state index in [2.05, 4.69) is 5.32 Å². The molecule has 2 aromatic rings. The molecule has 0 aliphatic carbocycles. The molecule has 0 aromatic heterocycles. The summed E-state index contributed by atoms with van der Waals surface area (Å²) < 4.78 is 26.0. The van der Waals surface area contributed by atoms with Gasteiger partial charge in [-0.15, -0.1) is 0 Å². The van der Waals surface area contributed by atoms with Crippen molar-refractivity contribution in [1.82, 2.24) is 0 Å². The number of hydrogen-bond acceptors (Lipinski definition) is 2. The quantitative estimate of drug-likeness (QED) is 0.812. The molecule has 0 bridgehead atoms. The second-order valence-corrected chi connectivity index (χ2v) is 5.98. The lowest BCUT2D eigenvalue weighted by Crippen LogP contribution is -2.32. The summed E-state index contributed by atoms with van der Waals surface area (Å²) in [5.74, 6) is -2.88. The van der Waals surface area contributed by atoms with Crippen LogP contribution in [-0.4, -0.2) is 18.4 Å². The number of amides is 2. The van der Waals surface area contributed by atoms with Gasteiger partial charge < -0.3 is 10.2 Å². The summed E-state index contributed by atoms with van der Waals surface area (Å²) in [6.45, 7) is 1.35. The fourth-order valence-electron chi connectivity index (χ4n) is 2.18. The largest absolute Gasteiger partial charge is 0.326 e. The molecule has 0 fully saturated rings. The highest BCUT2D eigenvalue weighted by Gasteiger charge is 2.19. The number of carbonyl (C=O) groups is 2. The Labute approximate surface area is 153 Å². The average Bonchev–Trinajstić information content (AvgIpc) is 2.53. The van der Waals surface area contributed by atoms with Gasteiger partial charge in [-0.2, -0.15) is 0 Å². The summed E-state index contributed by atoms with van der Waals surface area (Å²) in [4.78, 5) is 25.2. The van der Waals surface area contributed by atoms with Crippen molar-refractivity contribution in [1.29, 1.82) is 0 Å². The molecule has 2 amide bonds. The van der Waals surface area contributed by atoms with Crippen LogP contribution in [-0.2, 0) is 9.59 Å². The molecular formula is C17H14Cl2F2N2O2. The fraction of sp³-hybridized carbons (Fsp3) is 0.176. The first kappa shape index (κ1) is 19.1. The lowest BCUT2D eigenvalue weighted by atomic mass is 10.2. The van der Waals surface area contributed by atoms with Gasteiger partial charge >= 0.3 is 0 Å². The molecule has 0 radical (unpaired) electrons. The average molecular weight is 387 g/mol. The van der Waals surface area contributed by atoms with Crippen LogP contribution in [0.1, 0.15) is 13.3 Å². The van der Waals surface area contributed by atoms with Gasteiger partial charge in [0.1, 0.15) is 0 Å². The van der Waals surface area contributed by atoms with E-state index in [1.807, 2.05) is 0 Å². The van der Waals surface area contributed by atoms with Crippen LogP contribution >= 0.6 is 23.2 Å². The van der Waals surface area contributed by atoms with Crippen molar-refractivity contribution in [3.63, 3.8) is 0 Å². The van der Waals surface area contributed by atoms with Crippen LogP contribution in [0, 0.1) is 11.6 Å². The van der Waals surface area contributed by atoms with Crippen LogP contribution in [0.4, 0.5) is 20.2 Å². The van der Waals surface area contributed by atoms with Crippen LogP contribution in [0.25, 0.3) is 0 Å². The molecule has 2 aromatic carbocycles. The zero-order valence-corrected chi connectivity index (χ0v) is 14.7. The number of nitrogens with zero attached hydrogens (tertiary/aromatic N) is 1. The zero-order chi connectivity index (χ0) is 18.6. The summed E-state index contributed by atoms with van der Waals surface area (Å²) in [7, 11) is 0. The van der Waals surface area contributed by atoms with Crippen LogP contribution in [0.5, 0.6) is 0 Å². The van der Waals surface area contributed by atoms with Crippen molar-refractivity contribution in [2.24, 2.45) is 0 Å². The highest BCUT2D eigenvalue weighted by atomic mass is 35.5. The summed E-state index contributed by atoms with van der Waals surface area (Å²) in [6.07, 6.45) is -0.0832. The highest BCUT2D eigenvalue weighted by Crippen LogP contribution is 2.33. The minimum atomic E-state index is -1.06. The van der Waals surface area contributed by atoms with E-state index in [0.29, 0.717) is 5.69 Å². The number of rotatable bonds is 5. The van der Waals surface area contributed by atoms with Crippen molar-refractivity contribution in [2.75, 3.05) is 16.8 Å². The summed E-state index contributed by atoms with van der Waals surface area (Å²) in [5, 5.41) is 3.00. The van der Waals surface area contributed by atoms with E-state index in [0.717, 1.165) is 12.1 Å². The van der Waals surface area contributed by atoms with Crippen molar-refractivity contribution in [2.45, 2.75) is 13.3 Å². The Morgan fingerprint density at radius 3 is 2.28 bits per heavy atom. The van der Waals surface area contributed by atoms with Crippen LogP contribution < -0.4 is 10.2 Å². The Kier molecular flexibility index (Phi) is 6.33. The monoisotopic (exact) mass is 386 g/mol. The molecule has 0 aliphatic rings. The third-order valence-electron chi connectivity index (χ3n) is 3.35. The minimum Gasteiger partial charge on any atom is -0.326 e. The van der Waals surface area contributed by atoms with E-state index >= 15 is 0 Å². The molecule has 0 spiro atoms. The van der Waals surface area contributed by atoms with E-state index in [1.165, 1.54) is 17.9 Å². The van der Waals surface area contributed by atoms with Gasteiger partial charge in [-0.05, 0) is 24.3 Å². The number of hydrogen-bond donors (Lipinski definition) is 1. The Bertz CT molecular complexity index is 795. The predicted octanol–water partition coefficient (Wildman–Crippen LogP) is 4.65. The van der Waals surface area contributed by atoms with Crippen LogP contribution in [0.3, 0.4) is 0 Å². The molecule has 8 heteroatoms. The number of anilines is 2. The summed E-state index contributed by atoms with van der Waals surface area (Å²) in [5.41, 5.74) is 0.438. The third-order valence-corrected chi connectivity index (χ3v) is 3.96. The first-order valence-electron chi connectivity index (χ1n) is 7.26. The maximum atomic E-state index is 13.2. The molecule has 2 rings (SSSR count). The summed E-state index contributed by atoms with van der Waals surface area (Å²) in [6, 6.07) is 7.84. The predicted molar refractivity (Wildman–Crippen MR) is 94.1 cm³/mol. The van der Waals surface area contributed by atoms with Gasteiger partial charge in [0.2, 0.25) is 11.8 Å². The van der Waals surface area contributed by atoms with Gasteiger partial charge in [0.15, 0.2) is 11.6 Å². The lowest BCUT2D eigenvalue weighted by molar-refractivity contribution is -0.117. The SMILES string of the molecule is CC(=O)N(CCC(=O)Nc1ccc(F)c(F)c1)c1c(Cl)cccc1Cl. The van der Waals surface area contributed by atoms with Gasteiger partial charge in [0.25, 0.3) is 0 Å². The van der Waals surface area contributed by atoms with Gasteiger partial charge in [0.05, 0.1) is 15.7 Å².